The molecule has 0 amide bonds. The van der Waals surface area contributed by atoms with E-state index in [1.165, 1.54) is 5.56 Å². The molecular weight excluding hydrogens is 238 g/mol. The lowest BCUT2D eigenvalue weighted by atomic mass is 9.99. The van der Waals surface area contributed by atoms with Crippen LogP contribution in [-0.2, 0) is 11.3 Å². The Bertz CT molecular complexity index is 323. The molecule has 0 aliphatic carbocycles. The van der Waals surface area contributed by atoms with Gasteiger partial charge in [0.05, 0.1) is 12.2 Å². The van der Waals surface area contributed by atoms with Crippen molar-refractivity contribution in [3.63, 3.8) is 0 Å². The van der Waals surface area contributed by atoms with Crippen LogP contribution in [0.2, 0.25) is 0 Å². The lowest BCUT2D eigenvalue weighted by Crippen LogP contribution is -2.33. The Morgan fingerprint density at radius 2 is 1.84 bits per heavy atom. The van der Waals surface area contributed by atoms with Crippen molar-refractivity contribution in [1.29, 1.82) is 0 Å². The first-order valence-corrected chi connectivity index (χ1v) is 7.25. The van der Waals surface area contributed by atoms with E-state index in [1.807, 2.05) is 19.9 Å². The molecule has 0 aliphatic heterocycles. The Kier molecular flexibility index (Phi) is 7.72. The summed E-state index contributed by atoms with van der Waals surface area (Å²) >= 11 is 0. The molecule has 0 saturated heterocycles. The summed E-state index contributed by atoms with van der Waals surface area (Å²) in [6.45, 7) is 6.96. The second-order valence-corrected chi connectivity index (χ2v) is 5.00. The molecule has 0 saturated carbocycles. The van der Waals surface area contributed by atoms with Crippen LogP contribution < -0.4 is 5.32 Å². The van der Waals surface area contributed by atoms with Crippen molar-refractivity contribution in [2.24, 2.45) is 0 Å². The van der Waals surface area contributed by atoms with Gasteiger partial charge in [-0.1, -0.05) is 44.2 Å². The van der Waals surface area contributed by atoms with Gasteiger partial charge in [0.25, 0.3) is 0 Å². The summed E-state index contributed by atoms with van der Waals surface area (Å²) in [7, 11) is 0. The van der Waals surface area contributed by atoms with Gasteiger partial charge in [0.2, 0.25) is 0 Å². The maximum atomic E-state index is 10.0. The third kappa shape index (κ3) is 6.71. The van der Waals surface area contributed by atoms with Gasteiger partial charge in [0.1, 0.15) is 0 Å². The maximum absolute atomic E-state index is 10.0. The number of aliphatic hydroxyl groups is 1. The van der Waals surface area contributed by atoms with Gasteiger partial charge in [-0.25, -0.2) is 0 Å². The summed E-state index contributed by atoms with van der Waals surface area (Å²) in [4.78, 5) is 0. The normalized spacial score (nSPS) is 11.7. The van der Waals surface area contributed by atoms with Crippen LogP contribution in [0.1, 0.15) is 38.7 Å². The van der Waals surface area contributed by atoms with Gasteiger partial charge in [-0.2, -0.15) is 0 Å². The van der Waals surface area contributed by atoms with E-state index < -0.39 is 5.60 Å². The molecule has 0 fully saturated rings. The first kappa shape index (κ1) is 16.2. The second-order valence-electron chi connectivity index (χ2n) is 5.00. The highest BCUT2D eigenvalue weighted by atomic mass is 16.5. The molecule has 1 aromatic carbocycles. The number of rotatable bonds is 10. The fraction of sp³-hybridized carbons (Fsp3) is 0.625. The minimum Gasteiger partial charge on any atom is -0.388 e. The predicted molar refractivity (Wildman–Crippen MR) is 79.1 cm³/mol. The first-order chi connectivity index (χ1) is 9.20. The van der Waals surface area contributed by atoms with Crippen molar-refractivity contribution >= 4 is 0 Å². The molecule has 0 bridgehead atoms. The quantitative estimate of drug-likeness (QED) is 0.639. The van der Waals surface area contributed by atoms with Crippen LogP contribution >= 0.6 is 0 Å². The lowest BCUT2D eigenvalue weighted by Gasteiger charge is -2.24. The average Bonchev–Trinajstić information content (AvgIpc) is 2.47. The molecule has 0 aliphatic rings. The molecule has 19 heavy (non-hydrogen) atoms. The van der Waals surface area contributed by atoms with Crippen molar-refractivity contribution in [1.82, 2.24) is 5.32 Å². The van der Waals surface area contributed by atoms with E-state index in [1.54, 1.807) is 0 Å². The van der Waals surface area contributed by atoms with Gasteiger partial charge < -0.3 is 15.2 Å². The molecule has 108 valence electrons. The largest absolute Gasteiger partial charge is 0.388 e. The fourth-order valence-corrected chi connectivity index (χ4v) is 1.84. The molecule has 0 aromatic heterocycles. The summed E-state index contributed by atoms with van der Waals surface area (Å²) in [5.74, 6) is 0. The SMILES string of the molecule is CCC(O)(CC)COCCCNCc1ccccc1. The number of nitrogens with one attached hydrogen (secondary N) is 1. The van der Waals surface area contributed by atoms with Crippen LogP contribution in [0.4, 0.5) is 0 Å². The highest BCUT2D eigenvalue weighted by Gasteiger charge is 2.21. The van der Waals surface area contributed by atoms with Crippen molar-refractivity contribution in [3.05, 3.63) is 35.9 Å². The van der Waals surface area contributed by atoms with E-state index in [0.717, 1.165) is 32.4 Å². The monoisotopic (exact) mass is 265 g/mol. The van der Waals surface area contributed by atoms with Crippen molar-refractivity contribution in [2.75, 3.05) is 19.8 Å². The maximum Gasteiger partial charge on any atom is 0.0874 e. The van der Waals surface area contributed by atoms with Crippen molar-refractivity contribution in [2.45, 2.75) is 45.3 Å². The number of ether oxygens (including phenoxy) is 1. The molecule has 0 heterocycles. The van der Waals surface area contributed by atoms with Gasteiger partial charge in [-0.15, -0.1) is 0 Å². The van der Waals surface area contributed by atoms with Gasteiger partial charge in [-0.3, -0.25) is 0 Å². The topological polar surface area (TPSA) is 41.5 Å². The molecule has 2 N–H and O–H groups in total. The Morgan fingerprint density at radius 3 is 2.47 bits per heavy atom. The van der Waals surface area contributed by atoms with Gasteiger partial charge in [0.15, 0.2) is 0 Å². The second kappa shape index (κ2) is 9.08. The Labute approximate surface area is 117 Å². The summed E-state index contributed by atoms with van der Waals surface area (Å²) in [6, 6.07) is 10.4. The zero-order valence-corrected chi connectivity index (χ0v) is 12.2. The number of hydrogen-bond acceptors (Lipinski definition) is 3. The van der Waals surface area contributed by atoms with Crippen LogP contribution in [0.5, 0.6) is 0 Å². The molecule has 0 atom stereocenters. The molecule has 0 radical (unpaired) electrons. The van der Waals surface area contributed by atoms with Crippen molar-refractivity contribution in [3.8, 4) is 0 Å². The highest BCUT2D eigenvalue weighted by Crippen LogP contribution is 2.14. The van der Waals surface area contributed by atoms with Gasteiger partial charge >= 0.3 is 0 Å². The van der Waals surface area contributed by atoms with Crippen LogP contribution in [0.15, 0.2) is 30.3 Å². The van der Waals surface area contributed by atoms with Crippen LogP contribution in [-0.4, -0.2) is 30.5 Å². The lowest BCUT2D eigenvalue weighted by molar-refractivity contribution is -0.0513. The Hall–Kier alpha value is -0.900. The van der Waals surface area contributed by atoms with E-state index >= 15 is 0 Å². The molecule has 0 spiro atoms. The smallest absolute Gasteiger partial charge is 0.0874 e. The fourth-order valence-electron chi connectivity index (χ4n) is 1.84. The van der Waals surface area contributed by atoms with Crippen LogP contribution in [0, 0.1) is 0 Å². The summed E-state index contributed by atoms with van der Waals surface area (Å²) in [5.41, 5.74) is 0.659. The first-order valence-electron chi connectivity index (χ1n) is 7.25. The van der Waals surface area contributed by atoms with E-state index in [-0.39, 0.29) is 0 Å². The summed E-state index contributed by atoms with van der Waals surface area (Å²) in [6.07, 6.45) is 2.46. The van der Waals surface area contributed by atoms with Gasteiger partial charge in [0, 0.05) is 13.2 Å². The van der Waals surface area contributed by atoms with E-state index in [9.17, 15) is 5.11 Å². The predicted octanol–water partition coefficient (Wildman–Crippen LogP) is 2.73. The zero-order valence-electron chi connectivity index (χ0n) is 12.2. The minimum atomic E-state index is -0.641. The van der Waals surface area contributed by atoms with Gasteiger partial charge in [-0.05, 0) is 31.4 Å². The zero-order chi connectivity index (χ0) is 14.0. The molecular formula is C16H27NO2. The van der Waals surface area contributed by atoms with Crippen LogP contribution in [0.25, 0.3) is 0 Å². The molecule has 1 rings (SSSR count). The molecule has 1 aromatic rings. The molecule has 0 unspecified atom stereocenters. The van der Waals surface area contributed by atoms with E-state index in [2.05, 4.69) is 29.6 Å². The van der Waals surface area contributed by atoms with E-state index in [0.29, 0.717) is 13.2 Å². The molecule has 3 heteroatoms. The van der Waals surface area contributed by atoms with Crippen LogP contribution in [0.3, 0.4) is 0 Å². The van der Waals surface area contributed by atoms with Crippen molar-refractivity contribution < 1.29 is 9.84 Å². The number of hydrogen-bond donors (Lipinski definition) is 2. The Morgan fingerprint density at radius 1 is 1.16 bits per heavy atom. The third-order valence-corrected chi connectivity index (χ3v) is 3.50. The molecule has 3 nitrogen and oxygen atoms in total. The highest BCUT2D eigenvalue weighted by molar-refractivity contribution is 5.14. The minimum absolute atomic E-state index is 0.443. The standard InChI is InChI=1S/C16H27NO2/c1-3-16(18,4-2)14-19-12-8-11-17-13-15-9-6-5-7-10-15/h5-7,9-10,17-18H,3-4,8,11-14H2,1-2H3. The number of benzene rings is 1. The Balaban J connectivity index is 2.00. The average molecular weight is 265 g/mol. The van der Waals surface area contributed by atoms with E-state index in [4.69, 9.17) is 4.74 Å². The summed E-state index contributed by atoms with van der Waals surface area (Å²) < 4.78 is 5.54. The third-order valence-electron chi connectivity index (χ3n) is 3.50. The summed E-state index contributed by atoms with van der Waals surface area (Å²) in [5, 5.41) is 13.4.